The molecule has 0 aliphatic heterocycles. The Bertz CT molecular complexity index is 619. The smallest absolute Gasteiger partial charge is 0.310 e. The van der Waals surface area contributed by atoms with Crippen molar-refractivity contribution in [2.24, 2.45) is 0 Å². The summed E-state index contributed by atoms with van der Waals surface area (Å²) in [5, 5.41) is 0.380. The fourth-order valence-corrected chi connectivity index (χ4v) is 2.22. The molecule has 0 unspecified atom stereocenters. The van der Waals surface area contributed by atoms with Crippen LogP contribution >= 0.6 is 23.7 Å². The van der Waals surface area contributed by atoms with Crippen LogP contribution in [0.1, 0.15) is 44.7 Å². The summed E-state index contributed by atoms with van der Waals surface area (Å²) in [6, 6.07) is 14.9. The molecule has 0 N–H and O–H groups in total. The van der Waals surface area contributed by atoms with E-state index in [1.54, 1.807) is 19.1 Å². The number of ether oxygens (including phenoxy) is 1. The van der Waals surface area contributed by atoms with E-state index in [0.717, 1.165) is 0 Å². The molecule has 0 radical (unpaired) electrons. The summed E-state index contributed by atoms with van der Waals surface area (Å²) < 4.78 is 17.0. The molecule has 0 saturated heterocycles. The van der Waals surface area contributed by atoms with E-state index >= 15 is 0 Å². The SMILES string of the molecule is CCCC.CCOC(=O)Cc1ccc(SF)cc1Cl.Cc1ccccc1. The van der Waals surface area contributed by atoms with Gasteiger partial charge in [0.05, 0.1) is 25.2 Å². The lowest BCUT2D eigenvalue weighted by molar-refractivity contribution is -0.142. The molecule has 5 heteroatoms. The molecule has 0 aliphatic carbocycles. The van der Waals surface area contributed by atoms with Crippen molar-refractivity contribution in [3.05, 3.63) is 64.7 Å². The number of carbonyl (C=O) groups excluding carboxylic acids is 1. The number of aryl methyl sites for hydroxylation is 1. The highest BCUT2D eigenvalue weighted by atomic mass is 35.5. The van der Waals surface area contributed by atoms with Crippen molar-refractivity contribution in [2.75, 3.05) is 6.61 Å². The first-order chi connectivity index (χ1) is 12.5. The zero-order chi connectivity index (χ0) is 19.8. The normalized spacial score (nSPS) is 9.31. The van der Waals surface area contributed by atoms with Gasteiger partial charge in [-0.05, 0) is 31.5 Å². The molecule has 144 valence electrons. The highest BCUT2D eigenvalue weighted by Gasteiger charge is 2.08. The van der Waals surface area contributed by atoms with Crippen LogP contribution in [0.5, 0.6) is 0 Å². The summed E-state index contributed by atoms with van der Waals surface area (Å²) in [6.07, 6.45) is 2.75. The topological polar surface area (TPSA) is 26.3 Å². The summed E-state index contributed by atoms with van der Waals surface area (Å²) in [7, 11) is 0. The van der Waals surface area contributed by atoms with Crippen molar-refractivity contribution in [1.29, 1.82) is 0 Å². The van der Waals surface area contributed by atoms with Gasteiger partial charge in [-0.2, -0.15) is 3.89 Å². The van der Waals surface area contributed by atoms with Crippen LogP contribution < -0.4 is 0 Å². The molecule has 0 saturated carbocycles. The predicted octanol–water partition coefficient (Wildman–Crippen LogP) is 7.22. The molecular weight excluding hydrogens is 371 g/mol. The Labute approximate surface area is 166 Å². The molecule has 2 rings (SSSR count). The summed E-state index contributed by atoms with van der Waals surface area (Å²) in [6.45, 7) is 8.53. The number of halogens is 2. The van der Waals surface area contributed by atoms with Crippen LogP contribution in [-0.4, -0.2) is 12.6 Å². The Morgan fingerprint density at radius 2 is 1.69 bits per heavy atom. The third-order valence-corrected chi connectivity index (χ3v) is 3.98. The number of carbonyl (C=O) groups is 1. The summed E-state index contributed by atoms with van der Waals surface area (Å²) >= 11 is 5.98. The van der Waals surface area contributed by atoms with Crippen LogP contribution in [0.2, 0.25) is 5.02 Å². The van der Waals surface area contributed by atoms with Crippen molar-refractivity contribution in [2.45, 2.75) is 51.9 Å². The lowest BCUT2D eigenvalue weighted by Gasteiger charge is -2.04. The van der Waals surface area contributed by atoms with E-state index in [0.29, 0.717) is 22.1 Å². The molecule has 0 bridgehead atoms. The zero-order valence-electron chi connectivity index (χ0n) is 15.9. The monoisotopic (exact) mass is 398 g/mol. The number of hydrogen-bond acceptors (Lipinski definition) is 3. The molecule has 26 heavy (non-hydrogen) atoms. The first kappa shape index (κ1) is 24.5. The fourth-order valence-electron chi connectivity index (χ4n) is 1.62. The van der Waals surface area contributed by atoms with Gasteiger partial charge in [0, 0.05) is 9.92 Å². The van der Waals surface area contributed by atoms with Gasteiger partial charge in [0.1, 0.15) is 0 Å². The van der Waals surface area contributed by atoms with Gasteiger partial charge in [0.15, 0.2) is 0 Å². The first-order valence-electron chi connectivity index (χ1n) is 8.72. The summed E-state index contributed by atoms with van der Waals surface area (Å²) in [5.74, 6) is -0.333. The minimum absolute atomic E-state index is 0.115. The Morgan fingerprint density at radius 1 is 1.08 bits per heavy atom. The second kappa shape index (κ2) is 15.7. The standard InChI is InChI=1S/C10H10ClFO2S.C7H8.C4H10/c1-2-14-10(13)5-7-3-4-8(15-12)6-9(7)11;1-7-5-3-2-4-6-7;1-3-4-2/h3-4,6H,2,5H2,1H3;2-6H,1H3;3-4H2,1-2H3. The Hall–Kier alpha value is -1.52. The van der Waals surface area contributed by atoms with Gasteiger partial charge in [-0.15, -0.1) is 0 Å². The van der Waals surface area contributed by atoms with Crippen molar-refractivity contribution >= 4 is 29.7 Å². The van der Waals surface area contributed by atoms with Crippen molar-refractivity contribution in [3.8, 4) is 0 Å². The van der Waals surface area contributed by atoms with Crippen molar-refractivity contribution < 1.29 is 13.4 Å². The molecule has 2 nitrogen and oxygen atoms in total. The summed E-state index contributed by atoms with van der Waals surface area (Å²) in [5.41, 5.74) is 1.97. The van der Waals surface area contributed by atoms with Crippen molar-refractivity contribution in [1.82, 2.24) is 0 Å². The Balaban J connectivity index is 0.000000467. The zero-order valence-corrected chi connectivity index (χ0v) is 17.5. The maximum Gasteiger partial charge on any atom is 0.310 e. The van der Waals surface area contributed by atoms with Crippen LogP contribution in [0.4, 0.5) is 3.89 Å². The number of hydrogen-bond donors (Lipinski definition) is 0. The fraction of sp³-hybridized carbons (Fsp3) is 0.381. The minimum Gasteiger partial charge on any atom is -0.466 e. The van der Waals surface area contributed by atoms with Crippen LogP contribution in [0.25, 0.3) is 0 Å². The number of unbranched alkanes of at least 4 members (excludes halogenated alkanes) is 1. The third kappa shape index (κ3) is 11.9. The average Bonchev–Trinajstić information content (AvgIpc) is 2.65. The van der Waals surface area contributed by atoms with Crippen LogP contribution in [0.3, 0.4) is 0 Å². The van der Waals surface area contributed by atoms with E-state index in [1.807, 2.05) is 18.2 Å². The molecule has 0 aliphatic rings. The molecule has 0 heterocycles. The van der Waals surface area contributed by atoms with E-state index in [1.165, 1.54) is 24.5 Å². The van der Waals surface area contributed by atoms with E-state index in [9.17, 15) is 8.68 Å². The van der Waals surface area contributed by atoms with Crippen molar-refractivity contribution in [3.63, 3.8) is 0 Å². The lowest BCUT2D eigenvalue weighted by Crippen LogP contribution is -2.07. The average molecular weight is 399 g/mol. The van der Waals surface area contributed by atoms with Crippen LogP contribution in [0.15, 0.2) is 53.4 Å². The van der Waals surface area contributed by atoms with E-state index in [2.05, 4.69) is 32.9 Å². The molecule has 2 aromatic rings. The van der Waals surface area contributed by atoms with Gasteiger partial charge in [0.25, 0.3) is 0 Å². The quantitative estimate of drug-likeness (QED) is 0.497. The molecule has 0 spiro atoms. The van der Waals surface area contributed by atoms with Crippen LogP contribution in [0, 0.1) is 6.92 Å². The van der Waals surface area contributed by atoms with E-state index in [4.69, 9.17) is 16.3 Å². The highest BCUT2D eigenvalue weighted by Crippen LogP contribution is 2.25. The van der Waals surface area contributed by atoms with E-state index in [-0.39, 0.29) is 24.5 Å². The van der Waals surface area contributed by atoms with Gasteiger partial charge in [0.2, 0.25) is 0 Å². The Morgan fingerprint density at radius 3 is 2.08 bits per heavy atom. The minimum atomic E-state index is -0.333. The maximum atomic E-state index is 12.2. The number of benzene rings is 2. The number of esters is 1. The molecule has 0 aromatic heterocycles. The van der Waals surface area contributed by atoms with Gasteiger partial charge >= 0.3 is 5.97 Å². The van der Waals surface area contributed by atoms with E-state index < -0.39 is 0 Å². The van der Waals surface area contributed by atoms with Gasteiger partial charge in [-0.3, -0.25) is 4.79 Å². The van der Waals surface area contributed by atoms with Gasteiger partial charge in [-0.25, -0.2) is 0 Å². The van der Waals surface area contributed by atoms with Gasteiger partial charge < -0.3 is 4.74 Å². The molecule has 0 amide bonds. The first-order valence-corrected chi connectivity index (χ1v) is 9.82. The van der Waals surface area contributed by atoms with Gasteiger partial charge in [-0.1, -0.05) is 80.3 Å². The largest absolute Gasteiger partial charge is 0.466 e. The summed E-state index contributed by atoms with van der Waals surface area (Å²) in [4.78, 5) is 11.6. The second-order valence-electron chi connectivity index (χ2n) is 5.47. The Kier molecular flexibility index (Phi) is 14.8. The maximum absolute atomic E-state index is 12.2. The molecule has 0 atom stereocenters. The van der Waals surface area contributed by atoms with Crippen LogP contribution in [-0.2, 0) is 16.0 Å². The number of rotatable bonds is 5. The lowest BCUT2D eigenvalue weighted by atomic mass is 10.1. The molecular formula is C21H28ClFO2S. The molecule has 2 aromatic carbocycles. The third-order valence-electron chi connectivity index (χ3n) is 3.19. The molecule has 0 fully saturated rings. The highest BCUT2D eigenvalue weighted by molar-refractivity contribution is 7.94. The predicted molar refractivity (Wildman–Crippen MR) is 111 cm³/mol. The second-order valence-corrected chi connectivity index (χ2v) is 6.50.